The number of carbonyl (C=O) groups is 1. The summed E-state index contributed by atoms with van der Waals surface area (Å²) in [7, 11) is 0. The van der Waals surface area contributed by atoms with Crippen molar-refractivity contribution in [2.24, 2.45) is 0 Å². The minimum absolute atomic E-state index is 0.0990. The fourth-order valence-electron chi connectivity index (χ4n) is 3.08. The number of unbranched alkanes of at least 4 members (excludes halogenated alkanes) is 1. The van der Waals surface area contributed by atoms with Crippen LogP contribution in [0.3, 0.4) is 0 Å². The monoisotopic (exact) mass is 364 g/mol. The lowest BCUT2D eigenvalue weighted by atomic mass is 9.87. The number of esters is 1. The van der Waals surface area contributed by atoms with Crippen LogP contribution in [-0.2, 0) is 21.5 Å². The summed E-state index contributed by atoms with van der Waals surface area (Å²) in [6.45, 7) is 9.31. The molecule has 0 radical (unpaired) electrons. The topological polar surface area (TPSA) is 44.1 Å². The molecule has 0 aliphatic carbocycles. The molecule has 3 rings (SSSR count). The van der Waals surface area contributed by atoms with Gasteiger partial charge in [-0.25, -0.2) is 4.98 Å². The number of carbonyl (C=O) groups excluding carboxylic acids is 1. The Bertz CT molecular complexity index is 918. The molecule has 4 nitrogen and oxygen atoms in total. The number of hydrogen-bond donors (Lipinski definition) is 0. The lowest BCUT2D eigenvalue weighted by molar-refractivity contribution is -0.144. The molecule has 3 aromatic rings. The minimum Gasteiger partial charge on any atom is -0.464 e. The highest BCUT2D eigenvalue weighted by Gasteiger charge is 2.17. The van der Waals surface area contributed by atoms with Crippen molar-refractivity contribution < 1.29 is 9.53 Å². The van der Waals surface area contributed by atoms with Gasteiger partial charge in [0.05, 0.1) is 17.6 Å². The maximum atomic E-state index is 12.3. The van der Waals surface area contributed by atoms with Gasteiger partial charge in [0.25, 0.3) is 0 Å². The first-order valence-electron chi connectivity index (χ1n) is 9.62. The third-order valence-electron chi connectivity index (χ3n) is 4.71. The van der Waals surface area contributed by atoms with E-state index in [1.165, 1.54) is 5.56 Å². The second kappa shape index (κ2) is 7.95. The molecular formula is C23H28N2O2. The summed E-state index contributed by atoms with van der Waals surface area (Å²) >= 11 is 0. The Kier molecular flexibility index (Phi) is 5.64. The summed E-state index contributed by atoms with van der Waals surface area (Å²) in [5, 5.41) is 0. The van der Waals surface area contributed by atoms with E-state index in [2.05, 4.69) is 52.0 Å². The van der Waals surface area contributed by atoms with Gasteiger partial charge in [-0.3, -0.25) is 4.79 Å². The van der Waals surface area contributed by atoms with Gasteiger partial charge in [0.15, 0.2) is 0 Å². The van der Waals surface area contributed by atoms with Crippen LogP contribution in [0.4, 0.5) is 0 Å². The zero-order valence-corrected chi connectivity index (χ0v) is 16.7. The Hall–Kier alpha value is -2.62. The van der Waals surface area contributed by atoms with Crippen LogP contribution >= 0.6 is 0 Å². The number of para-hydroxylation sites is 2. The van der Waals surface area contributed by atoms with E-state index in [0.29, 0.717) is 6.61 Å². The van der Waals surface area contributed by atoms with Gasteiger partial charge < -0.3 is 9.30 Å². The van der Waals surface area contributed by atoms with Crippen molar-refractivity contribution in [2.45, 2.75) is 52.5 Å². The first kappa shape index (κ1) is 19.2. The molecule has 0 saturated carbocycles. The van der Waals surface area contributed by atoms with Gasteiger partial charge in [0, 0.05) is 5.56 Å². The molecule has 1 aromatic heterocycles. The van der Waals surface area contributed by atoms with Crippen molar-refractivity contribution >= 4 is 17.0 Å². The van der Waals surface area contributed by atoms with E-state index >= 15 is 0 Å². The van der Waals surface area contributed by atoms with Gasteiger partial charge in [0.2, 0.25) is 0 Å². The first-order valence-corrected chi connectivity index (χ1v) is 9.62. The summed E-state index contributed by atoms with van der Waals surface area (Å²) in [6, 6.07) is 16.3. The molecule has 1 heterocycles. The average molecular weight is 364 g/mol. The molecule has 0 fully saturated rings. The summed E-state index contributed by atoms with van der Waals surface area (Å²) in [4.78, 5) is 17.1. The molecule has 4 heteroatoms. The van der Waals surface area contributed by atoms with Gasteiger partial charge in [-0.2, -0.15) is 0 Å². The van der Waals surface area contributed by atoms with Crippen molar-refractivity contribution in [2.75, 3.05) is 6.61 Å². The molecule has 0 aliphatic heterocycles. The Balaban J connectivity index is 1.96. The molecule has 0 atom stereocenters. The maximum absolute atomic E-state index is 12.3. The van der Waals surface area contributed by atoms with E-state index in [9.17, 15) is 4.79 Å². The zero-order valence-electron chi connectivity index (χ0n) is 16.7. The number of fused-ring (bicyclic) bond motifs is 1. The molecule has 27 heavy (non-hydrogen) atoms. The van der Waals surface area contributed by atoms with Gasteiger partial charge in [-0.05, 0) is 29.5 Å². The summed E-state index contributed by atoms with van der Waals surface area (Å²) in [6.07, 6.45) is 1.89. The van der Waals surface area contributed by atoms with E-state index in [1.54, 1.807) is 0 Å². The lowest BCUT2D eigenvalue weighted by Crippen LogP contribution is -2.15. The molecule has 0 aliphatic rings. The van der Waals surface area contributed by atoms with Crippen molar-refractivity contribution in [3.63, 3.8) is 0 Å². The van der Waals surface area contributed by atoms with Gasteiger partial charge >= 0.3 is 5.97 Å². The van der Waals surface area contributed by atoms with Crippen LogP contribution < -0.4 is 0 Å². The van der Waals surface area contributed by atoms with Crippen LogP contribution in [-0.4, -0.2) is 22.1 Å². The molecule has 0 unspecified atom stereocenters. The number of ether oxygens (including phenoxy) is 1. The summed E-state index contributed by atoms with van der Waals surface area (Å²) < 4.78 is 7.33. The number of imidazole rings is 1. The molecule has 0 amide bonds. The van der Waals surface area contributed by atoms with Crippen LogP contribution in [0.2, 0.25) is 0 Å². The number of nitrogens with zero attached hydrogens (tertiary/aromatic N) is 2. The van der Waals surface area contributed by atoms with Crippen LogP contribution in [0.25, 0.3) is 22.4 Å². The Morgan fingerprint density at radius 2 is 1.78 bits per heavy atom. The summed E-state index contributed by atoms with van der Waals surface area (Å²) in [5.74, 6) is 0.572. The standard InChI is InChI=1S/C23H28N2O2/c1-5-6-15-27-21(26)16-25-20-10-8-7-9-19(20)24-22(25)17-11-13-18(14-12-17)23(2,3)4/h7-14H,5-6,15-16H2,1-4H3. The molecule has 2 aromatic carbocycles. The second-order valence-electron chi connectivity index (χ2n) is 7.91. The van der Waals surface area contributed by atoms with E-state index in [0.717, 1.165) is 35.3 Å². The SMILES string of the molecule is CCCCOC(=O)Cn1c(-c2ccc(C(C)(C)C)cc2)nc2ccccc21. The third-order valence-corrected chi connectivity index (χ3v) is 4.71. The lowest BCUT2D eigenvalue weighted by Gasteiger charge is -2.19. The highest BCUT2D eigenvalue weighted by molar-refractivity contribution is 5.83. The van der Waals surface area contributed by atoms with E-state index < -0.39 is 0 Å². The molecule has 142 valence electrons. The summed E-state index contributed by atoms with van der Waals surface area (Å²) in [5.41, 5.74) is 4.20. The minimum atomic E-state index is -0.223. The largest absolute Gasteiger partial charge is 0.464 e. The first-order chi connectivity index (χ1) is 12.9. The zero-order chi connectivity index (χ0) is 19.4. The third kappa shape index (κ3) is 4.38. The smallest absolute Gasteiger partial charge is 0.326 e. The second-order valence-corrected chi connectivity index (χ2v) is 7.91. The van der Waals surface area contributed by atoms with Gasteiger partial charge in [0.1, 0.15) is 12.4 Å². The fraction of sp³-hybridized carbons (Fsp3) is 0.391. The fourth-order valence-corrected chi connectivity index (χ4v) is 3.08. The molecule has 0 N–H and O–H groups in total. The van der Waals surface area contributed by atoms with E-state index in [1.807, 2.05) is 28.8 Å². The predicted molar refractivity (Wildman–Crippen MR) is 110 cm³/mol. The maximum Gasteiger partial charge on any atom is 0.326 e. The molecule has 0 spiro atoms. The van der Waals surface area contributed by atoms with Crippen molar-refractivity contribution in [1.29, 1.82) is 0 Å². The van der Waals surface area contributed by atoms with Crippen LogP contribution in [0.1, 0.15) is 46.1 Å². The number of benzene rings is 2. The van der Waals surface area contributed by atoms with Gasteiger partial charge in [-0.1, -0.05) is 70.5 Å². The Morgan fingerprint density at radius 1 is 1.07 bits per heavy atom. The predicted octanol–water partition coefficient (Wildman–Crippen LogP) is 5.34. The quantitative estimate of drug-likeness (QED) is 0.438. The highest BCUT2D eigenvalue weighted by Crippen LogP contribution is 2.28. The van der Waals surface area contributed by atoms with E-state index in [4.69, 9.17) is 9.72 Å². The van der Waals surface area contributed by atoms with Crippen LogP contribution in [0.15, 0.2) is 48.5 Å². The Labute approximate surface area is 161 Å². The average Bonchev–Trinajstić information content (AvgIpc) is 3.00. The molecule has 0 saturated heterocycles. The number of hydrogen-bond acceptors (Lipinski definition) is 3. The van der Waals surface area contributed by atoms with Crippen molar-refractivity contribution in [1.82, 2.24) is 9.55 Å². The highest BCUT2D eigenvalue weighted by atomic mass is 16.5. The van der Waals surface area contributed by atoms with Crippen LogP contribution in [0.5, 0.6) is 0 Å². The van der Waals surface area contributed by atoms with Crippen molar-refractivity contribution in [3.05, 3.63) is 54.1 Å². The van der Waals surface area contributed by atoms with Gasteiger partial charge in [-0.15, -0.1) is 0 Å². The Morgan fingerprint density at radius 3 is 2.44 bits per heavy atom. The molecule has 0 bridgehead atoms. The molecular weight excluding hydrogens is 336 g/mol. The van der Waals surface area contributed by atoms with Crippen LogP contribution in [0, 0.1) is 0 Å². The van der Waals surface area contributed by atoms with Crippen molar-refractivity contribution in [3.8, 4) is 11.4 Å². The normalized spacial score (nSPS) is 11.7. The number of aromatic nitrogens is 2. The van der Waals surface area contributed by atoms with E-state index in [-0.39, 0.29) is 17.9 Å². The number of rotatable bonds is 6.